The van der Waals surface area contributed by atoms with E-state index in [1.807, 2.05) is 28.5 Å². The molecule has 0 aliphatic carbocycles. The number of carbonyl (C=O) groups is 1. The molecule has 1 amide bonds. The molecule has 1 saturated heterocycles. The number of carbonyl (C=O) groups excluding carboxylic acids is 1. The van der Waals surface area contributed by atoms with E-state index in [0.29, 0.717) is 11.6 Å². The lowest BCUT2D eigenvalue weighted by Gasteiger charge is -2.27. The third-order valence-corrected chi connectivity index (χ3v) is 4.57. The summed E-state index contributed by atoms with van der Waals surface area (Å²) < 4.78 is 0. The Morgan fingerprint density at radius 2 is 2.09 bits per heavy atom. The summed E-state index contributed by atoms with van der Waals surface area (Å²) in [5, 5.41) is 5.80. The predicted octanol–water partition coefficient (Wildman–Crippen LogP) is 1.76. The Labute approximate surface area is 134 Å². The highest BCUT2D eigenvalue weighted by Crippen LogP contribution is 2.27. The van der Waals surface area contributed by atoms with Gasteiger partial charge in [0.05, 0.1) is 5.69 Å². The Kier molecular flexibility index (Phi) is 4.70. The lowest BCUT2D eigenvalue weighted by molar-refractivity contribution is -0.131. The smallest absolute Gasteiger partial charge is 0.222 e. The highest BCUT2D eigenvalue weighted by Gasteiger charge is 2.16. The number of hydrogen-bond acceptors (Lipinski definition) is 5. The van der Waals surface area contributed by atoms with Gasteiger partial charge in [0, 0.05) is 43.5 Å². The van der Waals surface area contributed by atoms with Crippen molar-refractivity contribution in [2.45, 2.75) is 12.8 Å². The molecule has 0 unspecified atom stereocenters. The maximum atomic E-state index is 12.3. The van der Waals surface area contributed by atoms with Crippen LogP contribution in [0.3, 0.4) is 0 Å². The van der Waals surface area contributed by atoms with E-state index in [-0.39, 0.29) is 5.91 Å². The van der Waals surface area contributed by atoms with E-state index in [4.69, 9.17) is 5.73 Å². The third kappa shape index (κ3) is 3.45. The van der Waals surface area contributed by atoms with Crippen LogP contribution in [0.25, 0.3) is 11.3 Å². The van der Waals surface area contributed by atoms with Gasteiger partial charge in [-0.2, -0.15) is 0 Å². The number of nitrogens with zero attached hydrogens (tertiary/aromatic N) is 2. The van der Waals surface area contributed by atoms with Gasteiger partial charge in [-0.05, 0) is 12.0 Å². The van der Waals surface area contributed by atoms with E-state index < -0.39 is 0 Å². The quantitative estimate of drug-likeness (QED) is 0.901. The van der Waals surface area contributed by atoms with Gasteiger partial charge < -0.3 is 16.0 Å². The summed E-state index contributed by atoms with van der Waals surface area (Å²) in [6, 6.07) is 8.10. The molecule has 0 atom stereocenters. The number of hydrogen-bond donors (Lipinski definition) is 2. The number of anilines is 1. The highest BCUT2D eigenvalue weighted by atomic mass is 32.1. The monoisotopic (exact) mass is 316 g/mol. The first-order valence-electron chi connectivity index (χ1n) is 7.52. The minimum Gasteiger partial charge on any atom is -0.375 e. The summed E-state index contributed by atoms with van der Waals surface area (Å²) in [7, 11) is 0. The second-order valence-corrected chi connectivity index (χ2v) is 6.25. The summed E-state index contributed by atoms with van der Waals surface area (Å²) >= 11 is 1.44. The number of benzene rings is 1. The van der Waals surface area contributed by atoms with E-state index in [9.17, 15) is 4.79 Å². The average Bonchev–Trinajstić information content (AvgIpc) is 3.00. The van der Waals surface area contributed by atoms with E-state index in [1.54, 1.807) is 0 Å². The summed E-state index contributed by atoms with van der Waals surface area (Å²) in [4.78, 5) is 18.6. The molecule has 3 rings (SSSR count). The molecule has 5 nitrogen and oxygen atoms in total. The lowest BCUT2D eigenvalue weighted by Crippen LogP contribution is -2.46. The normalized spacial score (nSPS) is 15.0. The topological polar surface area (TPSA) is 71.2 Å². The second-order valence-electron chi connectivity index (χ2n) is 5.36. The molecule has 2 aromatic rings. The Morgan fingerprint density at radius 3 is 2.82 bits per heavy atom. The van der Waals surface area contributed by atoms with E-state index in [1.165, 1.54) is 11.3 Å². The number of nitrogens with one attached hydrogen (secondary N) is 1. The largest absolute Gasteiger partial charge is 0.375 e. The molecule has 1 aromatic heterocycles. The van der Waals surface area contributed by atoms with Crippen LogP contribution in [0.15, 0.2) is 29.6 Å². The summed E-state index contributed by atoms with van der Waals surface area (Å²) in [5.74, 6) is 0.231. The van der Waals surface area contributed by atoms with Crippen LogP contribution in [0.4, 0.5) is 5.13 Å². The molecule has 0 radical (unpaired) electrons. The van der Waals surface area contributed by atoms with Crippen LogP contribution in [0, 0.1) is 0 Å². The highest BCUT2D eigenvalue weighted by molar-refractivity contribution is 7.13. The zero-order chi connectivity index (χ0) is 15.4. The van der Waals surface area contributed by atoms with Crippen LogP contribution in [0.2, 0.25) is 0 Å². The molecule has 1 aliphatic heterocycles. The molecule has 0 spiro atoms. The molecule has 3 N–H and O–H groups in total. The van der Waals surface area contributed by atoms with E-state index in [0.717, 1.165) is 49.4 Å². The molecular weight excluding hydrogens is 296 g/mol. The predicted molar refractivity (Wildman–Crippen MR) is 89.7 cm³/mol. The third-order valence-electron chi connectivity index (χ3n) is 3.89. The van der Waals surface area contributed by atoms with Crippen LogP contribution in [0.1, 0.15) is 12.0 Å². The molecule has 6 heteroatoms. The van der Waals surface area contributed by atoms with E-state index in [2.05, 4.69) is 16.4 Å². The minimum absolute atomic E-state index is 0.231. The van der Waals surface area contributed by atoms with Gasteiger partial charge in [-0.25, -0.2) is 4.98 Å². The van der Waals surface area contributed by atoms with Gasteiger partial charge in [0.2, 0.25) is 5.91 Å². The maximum Gasteiger partial charge on any atom is 0.222 e. The Balaban J connectivity index is 1.69. The molecule has 2 heterocycles. The first-order valence-corrected chi connectivity index (χ1v) is 8.40. The van der Waals surface area contributed by atoms with Crippen molar-refractivity contribution in [1.82, 2.24) is 15.2 Å². The van der Waals surface area contributed by atoms with Gasteiger partial charge in [0.25, 0.3) is 0 Å². The fourth-order valence-corrected chi connectivity index (χ4v) is 3.28. The van der Waals surface area contributed by atoms with Crippen LogP contribution in [0.5, 0.6) is 0 Å². The number of piperazine rings is 1. The van der Waals surface area contributed by atoms with Crippen LogP contribution in [-0.4, -0.2) is 42.0 Å². The van der Waals surface area contributed by atoms with Crippen molar-refractivity contribution in [3.8, 4) is 11.3 Å². The van der Waals surface area contributed by atoms with Gasteiger partial charge in [-0.1, -0.05) is 24.3 Å². The molecular formula is C16H20N4OS. The SMILES string of the molecule is Nc1nc(-c2ccccc2CCC(=O)N2CCNCC2)cs1. The molecule has 0 saturated carbocycles. The van der Waals surface area contributed by atoms with Gasteiger partial charge in [0.1, 0.15) is 0 Å². The summed E-state index contributed by atoms with van der Waals surface area (Å²) in [6.45, 7) is 3.40. The fourth-order valence-electron chi connectivity index (χ4n) is 2.71. The van der Waals surface area contributed by atoms with Crippen LogP contribution >= 0.6 is 11.3 Å². The zero-order valence-corrected chi connectivity index (χ0v) is 13.2. The Morgan fingerprint density at radius 1 is 1.32 bits per heavy atom. The summed E-state index contributed by atoms with van der Waals surface area (Å²) in [5.41, 5.74) is 8.84. The number of thiazole rings is 1. The Hall–Kier alpha value is -1.92. The first kappa shape index (κ1) is 15.0. The van der Waals surface area contributed by atoms with Crippen molar-refractivity contribution in [3.05, 3.63) is 35.2 Å². The number of nitrogen functional groups attached to an aromatic ring is 1. The maximum absolute atomic E-state index is 12.3. The number of aryl methyl sites for hydroxylation is 1. The van der Waals surface area contributed by atoms with Gasteiger partial charge in [-0.15, -0.1) is 11.3 Å². The Bertz CT molecular complexity index is 649. The molecule has 1 aromatic carbocycles. The number of nitrogens with two attached hydrogens (primary N) is 1. The van der Waals surface area contributed by atoms with Crippen molar-refractivity contribution in [2.75, 3.05) is 31.9 Å². The van der Waals surface area contributed by atoms with Crippen molar-refractivity contribution in [1.29, 1.82) is 0 Å². The number of aromatic nitrogens is 1. The molecule has 1 aliphatic rings. The average molecular weight is 316 g/mol. The number of amides is 1. The van der Waals surface area contributed by atoms with Gasteiger partial charge >= 0.3 is 0 Å². The van der Waals surface area contributed by atoms with Gasteiger partial charge in [-0.3, -0.25) is 4.79 Å². The first-order chi connectivity index (χ1) is 10.7. The zero-order valence-electron chi connectivity index (χ0n) is 12.4. The van der Waals surface area contributed by atoms with Crippen molar-refractivity contribution in [2.24, 2.45) is 0 Å². The molecule has 0 bridgehead atoms. The van der Waals surface area contributed by atoms with Crippen LogP contribution < -0.4 is 11.1 Å². The van der Waals surface area contributed by atoms with Crippen molar-refractivity contribution < 1.29 is 4.79 Å². The van der Waals surface area contributed by atoms with Crippen molar-refractivity contribution in [3.63, 3.8) is 0 Å². The lowest BCUT2D eigenvalue weighted by atomic mass is 10.0. The number of rotatable bonds is 4. The summed E-state index contributed by atoms with van der Waals surface area (Å²) in [6.07, 6.45) is 1.27. The second kappa shape index (κ2) is 6.89. The minimum atomic E-state index is 0.231. The molecule has 116 valence electrons. The standard InChI is InChI=1S/C16H20N4OS/c17-16-19-14(11-22-16)13-4-2-1-3-12(13)5-6-15(21)20-9-7-18-8-10-20/h1-4,11,18H,5-10H2,(H2,17,19). The van der Waals surface area contributed by atoms with Crippen LogP contribution in [-0.2, 0) is 11.2 Å². The molecule has 1 fully saturated rings. The fraction of sp³-hybridized carbons (Fsp3) is 0.375. The van der Waals surface area contributed by atoms with E-state index >= 15 is 0 Å². The molecule has 22 heavy (non-hydrogen) atoms. The van der Waals surface area contributed by atoms with Gasteiger partial charge in [0.15, 0.2) is 5.13 Å². The van der Waals surface area contributed by atoms with Crippen molar-refractivity contribution >= 4 is 22.4 Å².